The SMILES string of the molecule is COCCn1ncc(NC2CC(OC)C2(C)C)c(Cl)c1=O. The number of nitrogens with one attached hydrogen (secondary N) is 1. The second-order valence-electron chi connectivity index (χ2n) is 5.87. The first kappa shape index (κ1) is 16.3. The van der Waals surface area contributed by atoms with Crippen LogP contribution in [0.5, 0.6) is 0 Å². The van der Waals surface area contributed by atoms with Crippen LogP contribution in [0.25, 0.3) is 0 Å². The van der Waals surface area contributed by atoms with Crippen molar-refractivity contribution in [2.24, 2.45) is 5.41 Å². The third-order valence-electron chi connectivity index (χ3n) is 4.28. The van der Waals surface area contributed by atoms with Gasteiger partial charge < -0.3 is 14.8 Å². The first-order valence-corrected chi connectivity index (χ1v) is 7.33. The minimum Gasteiger partial charge on any atom is -0.383 e. The van der Waals surface area contributed by atoms with E-state index in [1.54, 1.807) is 20.4 Å². The third-order valence-corrected chi connectivity index (χ3v) is 4.65. The van der Waals surface area contributed by atoms with E-state index in [0.29, 0.717) is 18.8 Å². The number of methoxy groups -OCH3 is 2. The monoisotopic (exact) mass is 315 g/mol. The van der Waals surface area contributed by atoms with Gasteiger partial charge in [-0.1, -0.05) is 25.4 Å². The lowest BCUT2D eigenvalue weighted by molar-refractivity contribution is -0.0794. The lowest BCUT2D eigenvalue weighted by Gasteiger charge is -2.51. The second-order valence-corrected chi connectivity index (χ2v) is 6.25. The van der Waals surface area contributed by atoms with Gasteiger partial charge in [0.05, 0.1) is 31.1 Å². The van der Waals surface area contributed by atoms with Crippen molar-refractivity contribution in [3.8, 4) is 0 Å². The number of hydrogen-bond acceptors (Lipinski definition) is 5. The van der Waals surface area contributed by atoms with Crippen molar-refractivity contribution >= 4 is 17.3 Å². The summed E-state index contributed by atoms with van der Waals surface area (Å²) in [5.41, 5.74) is 0.255. The number of hydrogen-bond donors (Lipinski definition) is 1. The molecule has 1 aromatic heterocycles. The Morgan fingerprint density at radius 2 is 2.24 bits per heavy atom. The molecule has 7 heteroatoms. The van der Waals surface area contributed by atoms with Gasteiger partial charge in [0.2, 0.25) is 0 Å². The molecule has 1 aliphatic carbocycles. The highest BCUT2D eigenvalue weighted by Crippen LogP contribution is 2.44. The van der Waals surface area contributed by atoms with Crippen molar-refractivity contribution in [3.63, 3.8) is 0 Å². The summed E-state index contributed by atoms with van der Waals surface area (Å²) < 4.78 is 11.7. The van der Waals surface area contributed by atoms with Crippen LogP contribution in [0, 0.1) is 5.41 Å². The molecule has 0 spiro atoms. The predicted molar refractivity (Wildman–Crippen MR) is 82.0 cm³/mol. The zero-order valence-corrected chi connectivity index (χ0v) is 13.6. The summed E-state index contributed by atoms with van der Waals surface area (Å²) in [4.78, 5) is 12.1. The molecule has 1 aliphatic rings. The van der Waals surface area contributed by atoms with Crippen LogP contribution in [0.2, 0.25) is 5.02 Å². The smallest absolute Gasteiger partial charge is 0.287 e. The van der Waals surface area contributed by atoms with E-state index in [1.165, 1.54) is 4.68 Å². The number of anilines is 1. The fourth-order valence-corrected chi connectivity index (χ4v) is 2.82. The van der Waals surface area contributed by atoms with Gasteiger partial charge in [-0.15, -0.1) is 0 Å². The molecule has 2 unspecified atom stereocenters. The Morgan fingerprint density at radius 3 is 2.81 bits per heavy atom. The van der Waals surface area contributed by atoms with Crippen LogP contribution >= 0.6 is 11.6 Å². The molecular weight excluding hydrogens is 294 g/mol. The molecular formula is C14H22ClN3O3. The van der Waals surface area contributed by atoms with E-state index in [9.17, 15) is 4.79 Å². The minimum absolute atomic E-state index is 0.0109. The van der Waals surface area contributed by atoms with E-state index in [4.69, 9.17) is 21.1 Å². The highest BCUT2D eigenvalue weighted by Gasteiger charge is 2.48. The molecule has 1 N–H and O–H groups in total. The maximum atomic E-state index is 12.1. The maximum Gasteiger partial charge on any atom is 0.287 e. The van der Waals surface area contributed by atoms with Gasteiger partial charge in [0.15, 0.2) is 0 Å². The Bertz CT molecular complexity index is 559. The van der Waals surface area contributed by atoms with Crippen LogP contribution in [-0.4, -0.2) is 42.8 Å². The van der Waals surface area contributed by atoms with Gasteiger partial charge in [-0.2, -0.15) is 5.10 Å². The van der Waals surface area contributed by atoms with Crippen LogP contribution in [0.15, 0.2) is 11.0 Å². The second kappa shape index (κ2) is 6.34. The number of aromatic nitrogens is 2. The van der Waals surface area contributed by atoms with Crippen molar-refractivity contribution in [2.75, 3.05) is 26.1 Å². The van der Waals surface area contributed by atoms with Crippen LogP contribution in [0.4, 0.5) is 5.69 Å². The van der Waals surface area contributed by atoms with E-state index >= 15 is 0 Å². The summed E-state index contributed by atoms with van der Waals surface area (Å²) in [7, 11) is 3.29. The number of ether oxygens (including phenoxy) is 2. The molecule has 1 saturated carbocycles. The first-order valence-electron chi connectivity index (χ1n) is 6.95. The molecule has 1 aromatic rings. The molecule has 0 saturated heterocycles. The Kier molecular flexibility index (Phi) is 4.91. The van der Waals surface area contributed by atoms with Gasteiger partial charge >= 0.3 is 0 Å². The summed E-state index contributed by atoms with van der Waals surface area (Å²) in [5, 5.41) is 7.59. The molecule has 21 heavy (non-hydrogen) atoms. The molecule has 2 atom stereocenters. The topological polar surface area (TPSA) is 65.4 Å². The van der Waals surface area contributed by atoms with Crippen LogP contribution in [0.3, 0.4) is 0 Å². The largest absolute Gasteiger partial charge is 0.383 e. The molecule has 0 aliphatic heterocycles. The summed E-state index contributed by atoms with van der Waals surface area (Å²) >= 11 is 6.16. The predicted octanol–water partition coefficient (Wildman–Crippen LogP) is 1.77. The zero-order chi connectivity index (χ0) is 15.6. The van der Waals surface area contributed by atoms with Crippen LogP contribution in [0.1, 0.15) is 20.3 Å². The minimum atomic E-state index is -0.306. The molecule has 118 valence electrons. The van der Waals surface area contributed by atoms with Gasteiger partial charge in [-0.3, -0.25) is 4.79 Å². The molecule has 1 heterocycles. The van der Waals surface area contributed by atoms with Crippen molar-refractivity contribution in [1.82, 2.24) is 9.78 Å². The Hall–Kier alpha value is -1.11. The molecule has 0 aromatic carbocycles. The van der Waals surface area contributed by atoms with Crippen LogP contribution in [-0.2, 0) is 16.0 Å². The highest BCUT2D eigenvalue weighted by atomic mass is 35.5. The average molecular weight is 316 g/mol. The lowest BCUT2D eigenvalue weighted by atomic mass is 9.64. The van der Waals surface area contributed by atoms with Gasteiger partial charge in [-0.25, -0.2) is 4.68 Å². The van der Waals surface area contributed by atoms with E-state index < -0.39 is 0 Å². The first-order chi connectivity index (χ1) is 9.91. The lowest BCUT2D eigenvalue weighted by Crippen LogP contribution is -2.57. The Balaban J connectivity index is 2.12. The number of rotatable bonds is 6. The Morgan fingerprint density at radius 1 is 1.52 bits per heavy atom. The van der Waals surface area contributed by atoms with Crippen molar-refractivity contribution in [3.05, 3.63) is 21.6 Å². The number of halogens is 1. The molecule has 1 fully saturated rings. The summed E-state index contributed by atoms with van der Waals surface area (Å²) in [6.07, 6.45) is 2.69. The quantitative estimate of drug-likeness (QED) is 0.866. The van der Waals surface area contributed by atoms with Crippen molar-refractivity contribution < 1.29 is 9.47 Å². The average Bonchev–Trinajstić information content (AvgIpc) is 2.46. The molecule has 0 radical (unpaired) electrons. The molecule has 6 nitrogen and oxygen atoms in total. The summed E-state index contributed by atoms with van der Waals surface area (Å²) in [6, 6.07) is 0.205. The summed E-state index contributed by atoms with van der Waals surface area (Å²) in [5.74, 6) is 0. The van der Waals surface area contributed by atoms with Gasteiger partial charge in [0, 0.05) is 25.7 Å². The van der Waals surface area contributed by atoms with E-state index in [2.05, 4.69) is 24.3 Å². The highest BCUT2D eigenvalue weighted by molar-refractivity contribution is 6.32. The normalized spacial score (nSPS) is 23.7. The van der Waals surface area contributed by atoms with Crippen LogP contribution < -0.4 is 10.9 Å². The van der Waals surface area contributed by atoms with E-state index in [-0.39, 0.29) is 28.1 Å². The van der Waals surface area contributed by atoms with Gasteiger partial charge in [0.25, 0.3) is 5.56 Å². The van der Waals surface area contributed by atoms with E-state index in [0.717, 1.165) is 6.42 Å². The van der Waals surface area contributed by atoms with Gasteiger partial charge in [-0.05, 0) is 6.42 Å². The fraction of sp³-hybridized carbons (Fsp3) is 0.714. The number of nitrogens with zero attached hydrogens (tertiary/aromatic N) is 2. The molecule has 0 amide bonds. The van der Waals surface area contributed by atoms with Gasteiger partial charge in [0.1, 0.15) is 5.02 Å². The zero-order valence-electron chi connectivity index (χ0n) is 12.9. The Labute approximate surface area is 129 Å². The summed E-state index contributed by atoms with van der Waals surface area (Å²) in [6.45, 7) is 5.06. The maximum absolute atomic E-state index is 12.1. The molecule has 0 bridgehead atoms. The molecule has 2 rings (SSSR count). The standard InChI is InChI=1S/C14H22ClN3O3/c1-14(2)10(7-11(14)21-4)17-9-8-16-18(5-6-20-3)13(19)12(9)15/h8,10-11,17H,5-7H2,1-4H3. The van der Waals surface area contributed by atoms with E-state index in [1.807, 2.05) is 0 Å². The third kappa shape index (κ3) is 3.07. The van der Waals surface area contributed by atoms with Crippen molar-refractivity contribution in [1.29, 1.82) is 0 Å². The van der Waals surface area contributed by atoms with Crippen molar-refractivity contribution in [2.45, 2.75) is 39.0 Å². The fourth-order valence-electron chi connectivity index (χ4n) is 2.62.